The molecule has 2 aliphatic rings. The second-order valence-corrected chi connectivity index (χ2v) is 6.43. The van der Waals surface area contributed by atoms with Gasteiger partial charge in [-0.1, -0.05) is 6.07 Å². The van der Waals surface area contributed by atoms with Crippen LogP contribution in [0.1, 0.15) is 40.4 Å². The van der Waals surface area contributed by atoms with E-state index >= 15 is 0 Å². The van der Waals surface area contributed by atoms with Crippen molar-refractivity contribution in [2.45, 2.75) is 31.4 Å². The van der Waals surface area contributed by atoms with Gasteiger partial charge in [0, 0.05) is 6.42 Å². The summed E-state index contributed by atoms with van der Waals surface area (Å²) in [5.74, 6) is 0.989. The Morgan fingerprint density at radius 1 is 1.29 bits per heavy atom. The van der Waals surface area contributed by atoms with E-state index < -0.39 is 0 Å². The summed E-state index contributed by atoms with van der Waals surface area (Å²) in [6.45, 7) is 0.709. The van der Waals surface area contributed by atoms with E-state index in [1.165, 1.54) is 18.0 Å². The van der Waals surface area contributed by atoms with Crippen LogP contribution in [0.3, 0.4) is 0 Å². The number of nitrogens with one attached hydrogen (secondary N) is 1. The fourth-order valence-electron chi connectivity index (χ4n) is 3.42. The van der Waals surface area contributed by atoms with Crippen molar-refractivity contribution in [1.29, 1.82) is 0 Å². The molecule has 1 aliphatic carbocycles. The lowest BCUT2D eigenvalue weighted by Gasteiger charge is -2.38. The Hall–Kier alpha value is -2.47. The SMILES string of the molecule is O=C(N[C@H](c1ccc2c(c1)CCO2)C1CC(O)C1)c1ccnnc1. The van der Waals surface area contributed by atoms with Gasteiger partial charge in [-0.15, -0.1) is 0 Å². The quantitative estimate of drug-likeness (QED) is 0.893. The van der Waals surface area contributed by atoms with E-state index in [-0.39, 0.29) is 24.0 Å². The maximum atomic E-state index is 12.5. The summed E-state index contributed by atoms with van der Waals surface area (Å²) < 4.78 is 5.56. The van der Waals surface area contributed by atoms with Crippen LogP contribution >= 0.6 is 0 Å². The molecular weight excluding hydrogens is 306 g/mol. The monoisotopic (exact) mass is 325 g/mol. The lowest BCUT2D eigenvalue weighted by atomic mass is 9.74. The van der Waals surface area contributed by atoms with E-state index in [4.69, 9.17) is 4.74 Å². The van der Waals surface area contributed by atoms with Crippen molar-refractivity contribution >= 4 is 5.91 Å². The molecule has 2 N–H and O–H groups in total. The zero-order valence-electron chi connectivity index (χ0n) is 13.2. The summed E-state index contributed by atoms with van der Waals surface area (Å²) in [6, 6.07) is 7.61. The lowest BCUT2D eigenvalue weighted by Crippen LogP contribution is -2.41. The van der Waals surface area contributed by atoms with Crippen LogP contribution in [0, 0.1) is 5.92 Å². The maximum absolute atomic E-state index is 12.5. The number of carbonyl (C=O) groups excluding carboxylic acids is 1. The third kappa shape index (κ3) is 2.85. The van der Waals surface area contributed by atoms with Gasteiger partial charge in [-0.25, -0.2) is 0 Å². The molecule has 0 saturated heterocycles. The van der Waals surface area contributed by atoms with E-state index in [0.717, 1.165) is 17.7 Å². The smallest absolute Gasteiger partial charge is 0.253 e. The number of hydrogen-bond acceptors (Lipinski definition) is 5. The number of nitrogens with zero attached hydrogens (tertiary/aromatic N) is 2. The van der Waals surface area contributed by atoms with Crippen molar-refractivity contribution in [1.82, 2.24) is 15.5 Å². The van der Waals surface area contributed by atoms with Crippen molar-refractivity contribution in [3.8, 4) is 5.75 Å². The molecule has 6 nitrogen and oxygen atoms in total. The Morgan fingerprint density at radius 2 is 2.17 bits per heavy atom. The number of aromatic nitrogens is 2. The van der Waals surface area contributed by atoms with Crippen molar-refractivity contribution in [3.05, 3.63) is 53.3 Å². The Kier molecular flexibility index (Phi) is 3.90. The molecule has 0 spiro atoms. The Bertz CT molecular complexity index is 744. The van der Waals surface area contributed by atoms with Crippen molar-refractivity contribution in [2.75, 3.05) is 6.61 Å². The molecule has 1 atom stereocenters. The molecule has 1 saturated carbocycles. The minimum absolute atomic E-state index is 0.125. The number of amides is 1. The minimum Gasteiger partial charge on any atom is -0.493 e. The Balaban J connectivity index is 1.59. The summed E-state index contributed by atoms with van der Waals surface area (Å²) in [5.41, 5.74) is 2.73. The predicted octanol–water partition coefficient (Wildman–Crippen LogP) is 1.65. The molecule has 0 unspecified atom stereocenters. The highest BCUT2D eigenvalue weighted by Crippen LogP contribution is 2.39. The van der Waals surface area contributed by atoms with Gasteiger partial charge in [0.2, 0.25) is 0 Å². The predicted molar refractivity (Wildman–Crippen MR) is 86.6 cm³/mol. The average Bonchev–Trinajstić information content (AvgIpc) is 3.05. The van der Waals surface area contributed by atoms with Gasteiger partial charge in [-0.2, -0.15) is 10.2 Å². The van der Waals surface area contributed by atoms with Crippen LogP contribution in [-0.4, -0.2) is 33.9 Å². The highest BCUT2D eigenvalue weighted by Gasteiger charge is 2.36. The first kappa shape index (κ1) is 15.1. The topological polar surface area (TPSA) is 84.3 Å². The normalized spacial score (nSPS) is 22.9. The van der Waals surface area contributed by atoms with Gasteiger partial charge in [0.05, 0.1) is 36.7 Å². The van der Waals surface area contributed by atoms with Crippen molar-refractivity contribution in [2.24, 2.45) is 5.92 Å². The van der Waals surface area contributed by atoms with Gasteiger partial charge >= 0.3 is 0 Å². The zero-order valence-corrected chi connectivity index (χ0v) is 13.2. The zero-order chi connectivity index (χ0) is 16.5. The van der Waals surface area contributed by atoms with Crippen LogP contribution in [0.15, 0.2) is 36.7 Å². The van der Waals surface area contributed by atoms with Crippen LogP contribution in [0.25, 0.3) is 0 Å². The molecule has 1 aromatic heterocycles. The van der Waals surface area contributed by atoms with Crippen molar-refractivity contribution in [3.63, 3.8) is 0 Å². The number of carbonyl (C=O) groups is 1. The molecule has 124 valence electrons. The number of rotatable bonds is 4. The second kappa shape index (κ2) is 6.20. The molecule has 1 aromatic carbocycles. The molecule has 2 aromatic rings. The lowest BCUT2D eigenvalue weighted by molar-refractivity contribution is 0.0235. The summed E-state index contributed by atoms with van der Waals surface area (Å²) in [4.78, 5) is 12.5. The molecule has 4 rings (SSSR count). The molecule has 1 aliphatic heterocycles. The summed E-state index contributed by atoms with van der Waals surface area (Å²) in [5, 5.41) is 20.2. The third-order valence-corrected chi connectivity index (χ3v) is 4.83. The second-order valence-electron chi connectivity index (χ2n) is 6.43. The number of ether oxygens (including phenoxy) is 1. The molecule has 6 heteroatoms. The Labute approximate surface area is 139 Å². The number of aliphatic hydroxyl groups excluding tert-OH is 1. The van der Waals surface area contributed by atoms with E-state index in [0.29, 0.717) is 25.0 Å². The molecule has 0 bridgehead atoms. The summed E-state index contributed by atoms with van der Waals surface area (Å²) in [6.07, 6.45) is 4.99. The fourth-order valence-corrected chi connectivity index (χ4v) is 3.42. The third-order valence-electron chi connectivity index (χ3n) is 4.83. The van der Waals surface area contributed by atoms with E-state index in [9.17, 15) is 9.90 Å². The first-order chi connectivity index (χ1) is 11.7. The summed E-state index contributed by atoms with van der Waals surface area (Å²) >= 11 is 0. The fraction of sp³-hybridized carbons (Fsp3) is 0.389. The largest absolute Gasteiger partial charge is 0.493 e. The van der Waals surface area contributed by atoms with Crippen LogP contribution in [0.2, 0.25) is 0 Å². The molecular formula is C18H19N3O3. The van der Waals surface area contributed by atoms with Gasteiger partial charge in [-0.3, -0.25) is 4.79 Å². The Morgan fingerprint density at radius 3 is 2.92 bits per heavy atom. The first-order valence-electron chi connectivity index (χ1n) is 8.22. The number of aliphatic hydroxyl groups is 1. The van der Waals surface area contributed by atoms with E-state index in [2.05, 4.69) is 21.6 Å². The maximum Gasteiger partial charge on any atom is 0.253 e. The number of benzene rings is 1. The van der Waals surface area contributed by atoms with Gasteiger partial charge in [-0.05, 0) is 48.1 Å². The molecule has 1 amide bonds. The van der Waals surface area contributed by atoms with E-state index in [1.54, 1.807) is 6.07 Å². The van der Waals surface area contributed by atoms with Gasteiger partial charge < -0.3 is 15.2 Å². The standard InChI is InChI=1S/C18H19N3O3/c22-15-8-14(9-15)17(21-18(23)13-3-5-19-20-10-13)12-1-2-16-11(7-12)4-6-24-16/h1-3,5,7,10,14-15,17,22H,4,6,8-9H2,(H,21,23)/t14?,15?,17-/m1/s1. The minimum atomic E-state index is -0.269. The van der Waals surface area contributed by atoms with Crippen LogP contribution < -0.4 is 10.1 Å². The molecule has 24 heavy (non-hydrogen) atoms. The van der Waals surface area contributed by atoms with Crippen LogP contribution in [0.5, 0.6) is 5.75 Å². The van der Waals surface area contributed by atoms with Crippen molar-refractivity contribution < 1.29 is 14.6 Å². The number of hydrogen-bond donors (Lipinski definition) is 2. The van der Waals surface area contributed by atoms with Crippen LogP contribution in [-0.2, 0) is 6.42 Å². The van der Waals surface area contributed by atoms with Gasteiger partial charge in [0.25, 0.3) is 5.91 Å². The highest BCUT2D eigenvalue weighted by atomic mass is 16.5. The van der Waals surface area contributed by atoms with E-state index in [1.807, 2.05) is 12.1 Å². The highest BCUT2D eigenvalue weighted by molar-refractivity contribution is 5.94. The van der Waals surface area contributed by atoms with Gasteiger partial charge in [0.1, 0.15) is 5.75 Å². The molecule has 2 heterocycles. The van der Waals surface area contributed by atoms with Crippen LogP contribution in [0.4, 0.5) is 0 Å². The van der Waals surface area contributed by atoms with Gasteiger partial charge in [0.15, 0.2) is 0 Å². The molecule has 1 fully saturated rings. The molecule has 0 radical (unpaired) electrons. The number of fused-ring (bicyclic) bond motifs is 1. The first-order valence-corrected chi connectivity index (χ1v) is 8.22. The average molecular weight is 325 g/mol. The summed E-state index contributed by atoms with van der Waals surface area (Å²) in [7, 11) is 0.